The Kier molecular flexibility index (Phi) is 67.9. The van der Waals surface area contributed by atoms with Crippen molar-refractivity contribution in [3.8, 4) is 0 Å². The summed E-state index contributed by atoms with van der Waals surface area (Å²) in [5, 5.41) is 20.6. The summed E-state index contributed by atoms with van der Waals surface area (Å²) in [6.07, 6.45) is 86.6. The van der Waals surface area contributed by atoms with Crippen LogP contribution < -0.4 is 0 Å². The Balaban J connectivity index is 4.45. The zero-order chi connectivity index (χ0) is 70.9. The molecule has 0 bridgehead atoms. The molecule has 0 spiro atoms. The normalized spacial score (nSPS) is 14.9. The van der Waals surface area contributed by atoms with Crippen LogP contribution >= 0.6 is 15.6 Å². The van der Waals surface area contributed by atoms with E-state index in [1.807, 2.05) is 18.2 Å². The predicted octanol–water partition coefficient (Wildman–Crippen LogP) is 21.3. The van der Waals surface area contributed by atoms with Crippen LogP contribution in [0.4, 0.5) is 0 Å². The molecule has 5 atom stereocenters. The van der Waals surface area contributed by atoms with Gasteiger partial charge in [-0.05, 0) is 122 Å². The summed E-state index contributed by atoms with van der Waals surface area (Å²) in [5.74, 6) is -1.69. The summed E-state index contributed by atoms with van der Waals surface area (Å²) in [7, 11) is -9.80. The number of unbranched alkanes of at least 4 members (excludes halogenated alkanes) is 22. The van der Waals surface area contributed by atoms with Gasteiger partial charge in [0.1, 0.15) is 25.4 Å². The Morgan fingerprint density at radius 1 is 0.299 bits per heavy atom. The molecule has 5 unspecified atom stereocenters. The summed E-state index contributed by atoms with van der Waals surface area (Å²) < 4.78 is 60.8. The largest absolute Gasteiger partial charge is 0.472 e. The van der Waals surface area contributed by atoms with E-state index < -0.39 is 91.5 Å². The third kappa shape index (κ3) is 72.5. The second-order valence-corrected chi connectivity index (χ2v) is 27.2. The van der Waals surface area contributed by atoms with E-state index in [2.05, 4.69) is 148 Å². The molecule has 0 saturated heterocycles. The first-order valence-electron chi connectivity index (χ1n) is 37.1. The molecule has 0 saturated carbocycles. The lowest BCUT2D eigenvalue weighted by Gasteiger charge is -2.21. The van der Waals surface area contributed by atoms with Gasteiger partial charge in [0.2, 0.25) is 0 Å². The monoisotopic (exact) mass is 1400 g/mol. The minimum atomic E-state index is -4.94. The third-order valence-corrected chi connectivity index (χ3v) is 16.9. The lowest BCUT2D eigenvalue weighted by molar-refractivity contribution is -0.161. The zero-order valence-electron chi connectivity index (χ0n) is 60.2. The number of carbonyl (C=O) groups is 3. The highest BCUT2D eigenvalue weighted by atomic mass is 31.2. The number of hydrogen-bond donors (Lipinski definition) is 4. The number of allylic oxidation sites excluding steroid dienone is 24. The van der Waals surface area contributed by atoms with Crippen molar-refractivity contribution in [2.45, 2.75) is 296 Å². The van der Waals surface area contributed by atoms with Gasteiger partial charge >= 0.3 is 33.6 Å². The highest BCUT2D eigenvalue weighted by molar-refractivity contribution is 7.47. The second kappa shape index (κ2) is 71.3. The number of phosphoric acid groups is 2. The van der Waals surface area contributed by atoms with Gasteiger partial charge in [0.15, 0.2) is 6.10 Å². The predicted molar refractivity (Wildman–Crippen MR) is 399 cm³/mol. The lowest BCUT2D eigenvalue weighted by Crippen LogP contribution is -2.30. The van der Waals surface area contributed by atoms with E-state index in [-0.39, 0.29) is 19.3 Å². The summed E-state index contributed by atoms with van der Waals surface area (Å²) in [6.45, 7) is 2.29. The van der Waals surface area contributed by atoms with Crippen LogP contribution in [0, 0.1) is 0 Å². The average Bonchev–Trinajstić information content (AvgIpc) is 3.19. The lowest BCUT2D eigenvalue weighted by atomic mass is 10.0. The van der Waals surface area contributed by atoms with E-state index in [4.69, 9.17) is 32.3 Å². The van der Waals surface area contributed by atoms with Crippen molar-refractivity contribution >= 4 is 33.6 Å². The van der Waals surface area contributed by atoms with Gasteiger partial charge in [-0.3, -0.25) is 32.5 Å². The van der Waals surface area contributed by atoms with Crippen molar-refractivity contribution in [1.82, 2.24) is 0 Å². The molecular formula is C79H132O16P2. The maximum absolute atomic E-state index is 12.9. The highest BCUT2D eigenvalue weighted by Gasteiger charge is 2.29. The van der Waals surface area contributed by atoms with Crippen molar-refractivity contribution in [2.75, 3.05) is 39.6 Å². The number of ether oxygens (including phenoxy) is 3. The highest BCUT2D eigenvalue weighted by Crippen LogP contribution is 2.45. The van der Waals surface area contributed by atoms with Crippen LogP contribution in [0.1, 0.15) is 278 Å². The van der Waals surface area contributed by atoms with Gasteiger partial charge in [0.25, 0.3) is 0 Å². The molecule has 0 fully saturated rings. The van der Waals surface area contributed by atoms with E-state index in [0.29, 0.717) is 25.7 Å². The summed E-state index contributed by atoms with van der Waals surface area (Å²) in [5.41, 5.74) is 0. The quantitative estimate of drug-likeness (QED) is 0.0146. The molecule has 0 aliphatic rings. The van der Waals surface area contributed by atoms with E-state index in [9.17, 15) is 43.5 Å². The first-order valence-corrected chi connectivity index (χ1v) is 40.1. The molecule has 0 heterocycles. The maximum Gasteiger partial charge on any atom is 0.472 e. The summed E-state index contributed by atoms with van der Waals surface area (Å²) >= 11 is 0. The Morgan fingerprint density at radius 2 is 0.567 bits per heavy atom. The number of hydrogen-bond acceptors (Lipinski definition) is 14. The van der Waals surface area contributed by atoms with Crippen LogP contribution in [0.2, 0.25) is 0 Å². The molecule has 0 aliphatic heterocycles. The van der Waals surface area contributed by atoms with Crippen LogP contribution in [0.5, 0.6) is 0 Å². The van der Waals surface area contributed by atoms with Crippen LogP contribution in [-0.2, 0) is 55.8 Å². The van der Waals surface area contributed by atoms with Crippen molar-refractivity contribution in [3.63, 3.8) is 0 Å². The molecule has 4 N–H and O–H groups in total. The number of phosphoric ester groups is 2. The first-order chi connectivity index (χ1) is 47.2. The number of aliphatic hydroxyl groups excluding tert-OH is 2. The zero-order valence-corrected chi connectivity index (χ0v) is 62.0. The van der Waals surface area contributed by atoms with Crippen molar-refractivity contribution in [1.29, 1.82) is 0 Å². The number of carbonyl (C=O) groups excluding carboxylic acids is 3. The Morgan fingerprint density at radius 3 is 0.938 bits per heavy atom. The third-order valence-electron chi connectivity index (χ3n) is 15.0. The van der Waals surface area contributed by atoms with Crippen molar-refractivity contribution in [3.05, 3.63) is 146 Å². The number of rotatable bonds is 69. The minimum absolute atomic E-state index is 0.0405. The van der Waals surface area contributed by atoms with E-state index >= 15 is 0 Å². The molecule has 0 aliphatic carbocycles. The minimum Gasteiger partial charge on any atom is -0.463 e. The number of aliphatic hydroxyl groups is 2. The SMILES string of the molecule is CC/C=C\C/C=C\C/C=C\C/C=C\C/C=C\C/C=C\CCC(=O)OCC(COP(=O)(O)OCC(O)COP(=O)(O)OCC(O)COC(=O)CCCCCCCCCCCCCCCCC/C=C\C/C=C\C/C=C\C/C=C\C/C=C\CC)OC(=O)CCCCCCC/C=C\CCCC. The van der Waals surface area contributed by atoms with Crippen LogP contribution in [0.3, 0.4) is 0 Å². The molecule has 0 rings (SSSR count). The second-order valence-electron chi connectivity index (χ2n) is 24.3. The average molecular weight is 1400 g/mol. The molecule has 0 aromatic carbocycles. The number of esters is 3. The van der Waals surface area contributed by atoms with E-state index in [1.165, 1.54) is 89.9 Å². The summed E-state index contributed by atoms with van der Waals surface area (Å²) in [6, 6.07) is 0. The molecule has 16 nitrogen and oxygen atoms in total. The van der Waals surface area contributed by atoms with Gasteiger partial charge in [-0.15, -0.1) is 0 Å². The molecule has 0 amide bonds. The molecule has 97 heavy (non-hydrogen) atoms. The fourth-order valence-corrected chi connectivity index (χ4v) is 11.0. The van der Waals surface area contributed by atoms with Gasteiger partial charge in [0.05, 0.1) is 26.4 Å². The standard InChI is InChI=1S/C79H132O16P2/c1-4-7-10-13-16-19-22-24-26-28-30-31-32-33-34-35-36-37-38-39-40-41-43-45-46-48-51-53-56-59-62-65-77(82)89-68-74(80)69-91-96(85,86)92-70-75(81)71-93-97(87,88)94-73-76(95-79(84)67-64-61-58-55-50-21-18-15-12-9-6-3)72-90-78(83)66-63-60-57-54-52-49-47-44-42-29-27-25-23-20-17-14-11-8-5-2/h7-8,10-11,15-20,24-27,30-31,33-34,42,44,49,52,57,60,74-76,80-81H,4-6,9,12-14,21-23,28-29,32,35-41,43,45-48,50-51,53-56,58-59,61-73H2,1-3H3,(H,85,86)(H,87,88)/b10-7-,11-8-,18-15-,19-16-,20-17-,26-24-,27-25-,31-30-,34-33-,44-42-,52-49-,60-57-. The molecule has 18 heteroatoms. The fraction of sp³-hybridized carbons (Fsp3) is 0.658. The van der Waals surface area contributed by atoms with Gasteiger partial charge in [-0.2, -0.15) is 0 Å². The van der Waals surface area contributed by atoms with Gasteiger partial charge in [-0.25, -0.2) is 9.13 Å². The van der Waals surface area contributed by atoms with Crippen molar-refractivity contribution in [2.24, 2.45) is 0 Å². The molecule has 554 valence electrons. The van der Waals surface area contributed by atoms with Crippen molar-refractivity contribution < 1.29 is 75.8 Å². The summed E-state index contributed by atoms with van der Waals surface area (Å²) in [4.78, 5) is 58.3. The van der Waals surface area contributed by atoms with E-state index in [0.717, 1.165) is 122 Å². The molecular weight excluding hydrogens is 1270 g/mol. The van der Waals surface area contributed by atoms with Crippen LogP contribution in [0.25, 0.3) is 0 Å². The molecule has 0 aromatic heterocycles. The van der Waals surface area contributed by atoms with Crippen LogP contribution in [0.15, 0.2) is 146 Å². The van der Waals surface area contributed by atoms with E-state index in [1.54, 1.807) is 0 Å². The van der Waals surface area contributed by atoms with Gasteiger partial charge in [-0.1, -0.05) is 282 Å². The van der Waals surface area contributed by atoms with Crippen LogP contribution in [-0.4, -0.2) is 95.9 Å². The Labute approximate surface area is 587 Å². The van der Waals surface area contributed by atoms with Gasteiger partial charge in [0, 0.05) is 19.3 Å². The topological polar surface area (TPSA) is 231 Å². The Hall–Kier alpha value is -4.57. The smallest absolute Gasteiger partial charge is 0.463 e. The Bertz CT molecular complexity index is 2350. The molecule has 0 aromatic rings. The van der Waals surface area contributed by atoms with Gasteiger partial charge < -0.3 is 34.2 Å². The maximum atomic E-state index is 12.9. The first kappa shape index (κ1) is 92.4. The fourth-order valence-electron chi connectivity index (χ4n) is 9.43. The molecule has 0 radical (unpaired) electrons.